The normalized spacial score (nSPS) is 16.0. The third-order valence-corrected chi connectivity index (χ3v) is 5.89. The molecule has 0 spiro atoms. The van der Waals surface area contributed by atoms with Crippen LogP contribution in [0.3, 0.4) is 0 Å². The highest BCUT2D eigenvalue weighted by Crippen LogP contribution is 2.43. The molecule has 0 amide bonds. The van der Waals surface area contributed by atoms with E-state index >= 15 is 0 Å². The molecule has 3 heteroatoms. The van der Waals surface area contributed by atoms with Crippen molar-refractivity contribution in [2.75, 3.05) is 0 Å². The predicted octanol–water partition coefficient (Wildman–Crippen LogP) is 6.14. The Hall–Kier alpha value is -1.61. The second-order valence-corrected chi connectivity index (χ2v) is 7.45. The molecule has 0 aliphatic heterocycles. The van der Waals surface area contributed by atoms with Gasteiger partial charge in [-0.2, -0.15) is 0 Å². The first kappa shape index (κ1) is 18.7. The van der Waals surface area contributed by atoms with Crippen LogP contribution in [0.2, 0.25) is 0 Å². The fourth-order valence-electron chi connectivity index (χ4n) is 3.11. The molecule has 0 N–H and O–H groups in total. The maximum Gasteiger partial charge on any atom is 0.338 e. The number of carbonyl (C=O) groups is 1. The summed E-state index contributed by atoms with van der Waals surface area (Å²) in [5.74, 6) is -0.276. The number of hydrogen-bond acceptors (Lipinski definition) is 2. The van der Waals surface area contributed by atoms with E-state index in [0.717, 1.165) is 17.3 Å². The lowest BCUT2D eigenvalue weighted by atomic mass is 9.66. The molecule has 2 nitrogen and oxygen atoms in total. The SMILES string of the molecule is CC[C@](C)(OC(=O)c1ccc(Br)cc1)[C@](C)(CC)c1ccccc1. The number of benzene rings is 2. The van der Waals surface area contributed by atoms with E-state index in [0.29, 0.717) is 5.56 Å². The van der Waals surface area contributed by atoms with E-state index in [9.17, 15) is 4.79 Å². The zero-order valence-corrected chi connectivity index (χ0v) is 16.4. The summed E-state index contributed by atoms with van der Waals surface area (Å²) >= 11 is 3.39. The summed E-state index contributed by atoms with van der Waals surface area (Å²) in [6.45, 7) is 8.45. The van der Waals surface area contributed by atoms with Crippen LogP contribution in [0.1, 0.15) is 56.5 Å². The molecule has 0 aromatic heterocycles. The molecule has 0 unspecified atom stereocenters. The number of halogens is 1. The molecule has 0 fully saturated rings. The molecule has 0 aliphatic carbocycles. The Kier molecular flexibility index (Phi) is 5.87. The molecule has 2 aromatic carbocycles. The number of hydrogen-bond donors (Lipinski definition) is 0. The molecule has 0 heterocycles. The van der Waals surface area contributed by atoms with E-state index in [2.05, 4.69) is 48.8 Å². The van der Waals surface area contributed by atoms with E-state index in [4.69, 9.17) is 4.74 Å². The molecule has 2 aromatic rings. The molecule has 0 saturated carbocycles. The highest BCUT2D eigenvalue weighted by atomic mass is 79.9. The summed E-state index contributed by atoms with van der Waals surface area (Å²) < 4.78 is 7.01. The molecule has 24 heavy (non-hydrogen) atoms. The summed E-state index contributed by atoms with van der Waals surface area (Å²) in [4.78, 5) is 12.7. The van der Waals surface area contributed by atoms with Gasteiger partial charge in [0.1, 0.15) is 5.60 Å². The van der Waals surface area contributed by atoms with Crippen LogP contribution in [-0.2, 0) is 10.2 Å². The molecule has 0 radical (unpaired) electrons. The van der Waals surface area contributed by atoms with Crippen molar-refractivity contribution in [3.8, 4) is 0 Å². The van der Waals surface area contributed by atoms with Crippen LogP contribution >= 0.6 is 15.9 Å². The van der Waals surface area contributed by atoms with Crippen LogP contribution in [0.15, 0.2) is 59.1 Å². The Morgan fingerprint density at radius 1 is 0.958 bits per heavy atom. The van der Waals surface area contributed by atoms with Crippen LogP contribution in [0.4, 0.5) is 0 Å². The first-order chi connectivity index (χ1) is 11.4. The molecule has 0 saturated heterocycles. The Morgan fingerprint density at radius 2 is 1.54 bits per heavy atom. The molecule has 2 atom stereocenters. The number of rotatable bonds is 6. The Balaban J connectivity index is 2.35. The maximum atomic E-state index is 12.7. The number of ether oxygens (including phenoxy) is 1. The highest BCUT2D eigenvalue weighted by molar-refractivity contribution is 9.10. The van der Waals surface area contributed by atoms with Crippen molar-refractivity contribution >= 4 is 21.9 Å². The second-order valence-electron chi connectivity index (χ2n) is 6.53. The third-order valence-electron chi connectivity index (χ3n) is 5.36. The molecular weight excluding hydrogens is 364 g/mol. The second kappa shape index (κ2) is 7.52. The molecule has 2 rings (SSSR count). The van der Waals surface area contributed by atoms with Crippen molar-refractivity contribution in [1.82, 2.24) is 0 Å². The largest absolute Gasteiger partial charge is 0.455 e. The minimum atomic E-state index is -0.590. The minimum absolute atomic E-state index is 0.256. The summed E-state index contributed by atoms with van der Waals surface area (Å²) in [6, 6.07) is 17.6. The van der Waals surface area contributed by atoms with Gasteiger partial charge in [0, 0.05) is 9.89 Å². The van der Waals surface area contributed by atoms with Crippen molar-refractivity contribution < 1.29 is 9.53 Å². The van der Waals surface area contributed by atoms with E-state index < -0.39 is 5.60 Å². The Bertz CT molecular complexity index is 681. The van der Waals surface area contributed by atoms with Gasteiger partial charge in [-0.3, -0.25) is 0 Å². The fourth-order valence-corrected chi connectivity index (χ4v) is 3.38. The summed E-state index contributed by atoms with van der Waals surface area (Å²) in [5, 5.41) is 0. The van der Waals surface area contributed by atoms with E-state index in [1.165, 1.54) is 5.56 Å². The monoisotopic (exact) mass is 388 g/mol. The lowest BCUT2D eigenvalue weighted by Crippen LogP contribution is -2.50. The van der Waals surface area contributed by atoms with Gasteiger partial charge in [-0.05, 0) is 49.6 Å². The standard InChI is InChI=1S/C21H25BrO2/c1-5-20(3,17-10-8-7-9-11-17)21(4,6-2)24-19(23)16-12-14-18(22)15-13-16/h7-15H,5-6H2,1-4H3/t20-,21+/m1/s1. The van der Waals surface area contributed by atoms with Crippen LogP contribution in [0.25, 0.3) is 0 Å². The van der Waals surface area contributed by atoms with Gasteiger partial charge >= 0.3 is 5.97 Å². The van der Waals surface area contributed by atoms with Gasteiger partial charge in [0.05, 0.1) is 5.56 Å². The van der Waals surface area contributed by atoms with E-state index in [-0.39, 0.29) is 11.4 Å². The fraction of sp³-hybridized carbons (Fsp3) is 0.381. The molecule has 0 bridgehead atoms. The quantitative estimate of drug-likeness (QED) is 0.555. The van der Waals surface area contributed by atoms with Crippen molar-refractivity contribution in [3.63, 3.8) is 0 Å². The molecular formula is C21H25BrO2. The molecule has 128 valence electrons. The third kappa shape index (κ3) is 3.56. The first-order valence-corrected chi connectivity index (χ1v) is 9.20. The van der Waals surface area contributed by atoms with Gasteiger partial charge in [-0.1, -0.05) is 67.0 Å². The summed E-state index contributed by atoms with van der Waals surface area (Å²) in [7, 11) is 0. The predicted molar refractivity (Wildman–Crippen MR) is 102 cm³/mol. The van der Waals surface area contributed by atoms with Crippen molar-refractivity contribution in [3.05, 3.63) is 70.2 Å². The number of carbonyl (C=O) groups excluding carboxylic acids is 1. The summed E-state index contributed by atoms with van der Waals surface area (Å²) in [5.41, 5.74) is 0.922. The van der Waals surface area contributed by atoms with Crippen molar-refractivity contribution in [2.24, 2.45) is 0 Å². The lowest BCUT2D eigenvalue weighted by molar-refractivity contribution is -0.0540. The highest BCUT2D eigenvalue weighted by Gasteiger charge is 2.46. The average molecular weight is 389 g/mol. The smallest absolute Gasteiger partial charge is 0.338 e. The van der Waals surface area contributed by atoms with Gasteiger partial charge in [0.25, 0.3) is 0 Å². The Labute approximate surface area is 153 Å². The van der Waals surface area contributed by atoms with Crippen LogP contribution in [0, 0.1) is 0 Å². The lowest BCUT2D eigenvalue weighted by Gasteiger charge is -2.45. The van der Waals surface area contributed by atoms with Crippen LogP contribution < -0.4 is 0 Å². The van der Waals surface area contributed by atoms with Gasteiger partial charge in [-0.25, -0.2) is 4.79 Å². The topological polar surface area (TPSA) is 26.3 Å². The minimum Gasteiger partial charge on any atom is -0.455 e. The van der Waals surface area contributed by atoms with Crippen LogP contribution in [0.5, 0.6) is 0 Å². The van der Waals surface area contributed by atoms with Gasteiger partial charge in [0.2, 0.25) is 0 Å². The number of esters is 1. The molecule has 0 aliphatic rings. The van der Waals surface area contributed by atoms with Gasteiger partial charge in [0.15, 0.2) is 0 Å². The average Bonchev–Trinajstić information content (AvgIpc) is 2.62. The van der Waals surface area contributed by atoms with Gasteiger partial charge < -0.3 is 4.74 Å². The van der Waals surface area contributed by atoms with E-state index in [1.807, 2.05) is 37.3 Å². The van der Waals surface area contributed by atoms with Crippen molar-refractivity contribution in [1.29, 1.82) is 0 Å². The zero-order valence-electron chi connectivity index (χ0n) is 14.8. The van der Waals surface area contributed by atoms with Crippen LogP contribution in [-0.4, -0.2) is 11.6 Å². The first-order valence-electron chi connectivity index (χ1n) is 8.40. The van der Waals surface area contributed by atoms with Gasteiger partial charge in [-0.15, -0.1) is 0 Å². The van der Waals surface area contributed by atoms with Crippen molar-refractivity contribution in [2.45, 2.75) is 51.6 Å². The Morgan fingerprint density at radius 3 is 2.04 bits per heavy atom. The summed E-state index contributed by atoms with van der Waals surface area (Å²) in [6.07, 6.45) is 1.63. The van der Waals surface area contributed by atoms with E-state index in [1.54, 1.807) is 12.1 Å². The zero-order chi connectivity index (χ0) is 17.8. The maximum absolute atomic E-state index is 12.7.